The fraction of sp³-hybridized carbons (Fsp3) is 0.636. The molecule has 6 heteroatoms. The Morgan fingerprint density at radius 3 is 3.12 bits per heavy atom. The molecule has 1 aromatic rings. The summed E-state index contributed by atoms with van der Waals surface area (Å²) in [6.07, 6.45) is 2.98. The first-order valence-electron chi connectivity index (χ1n) is 5.82. The summed E-state index contributed by atoms with van der Waals surface area (Å²) in [4.78, 5) is 1.31. The van der Waals surface area contributed by atoms with E-state index in [2.05, 4.69) is 4.72 Å². The highest BCUT2D eigenvalue weighted by molar-refractivity contribution is 7.90. The molecule has 0 saturated heterocycles. The van der Waals surface area contributed by atoms with E-state index in [1.807, 2.05) is 11.4 Å². The van der Waals surface area contributed by atoms with Crippen LogP contribution >= 0.6 is 11.3 Å². The van der Waals surface area contributed by atoms with Crippen LogP contribution in [0.25, 0.3) is 0 Å². The summed E-state index contributed by atoms with van der Waals surface area (Å²) in [7, 11) is -3.30. The highest BCUT2D eigenvalue weighted by atomic mass is 32.2. The summed E-state index contributed by atoms with van der Waals surface area (Å²) < 4.78 is 26.7. The quantitative estimate of drug-likeness (QED) is 0.871. The second kappa shape index (κ2) is 5.06. The Bertz CT molecular complexity index is 481. The molecule has 0 saturated carbocycles. The molecule has 2 unspecified atom stereocenters. The van der Waals surface area contributed by atoms with Crippen molar-refractivity contribution in [3.8, 4) is 0 Å². The molecular weight excluding hydrogens is 256 g/mol. The molecule has 2 rings (SSSR count). The highest BCUT2D eigenvalue weighted by Crippen LogP contribution is 2.33. The molecule has 1 aliphatic carbocycles. The third-order valence-corrected chi connectivity index (χ3v) is 6.08. The number of fused-ring (bicyclic) bond motifs is 1. The number of rotatable bonds is 4. The smallest absolute Gasteiger partial charge is 0.216 e. The zero-order valence-electron chi connectivity index (χ0n) is 9.85. The van der Waals surface area contributed by atoms with Gasteiger partial charge < -0.3 is 5.73 Å². The minimum Gasteiger partial charge on any atom is -0.329 e. The van der Waals surface area contributed by atoms with Gasteiger partial charge in [0.25, 0.3) is 0 Å². The summed E-state index contributed by atoms with van der Waals surface area (Å²) in [5.74, 6) is 0. The number of sulfonamides is 1. The van der Waals surface area contributed by atoms with Crippen LogP contribution in [0.15, 0.2) is 11.4 Å². The van der Waals surface area contributed by atoms with Crippen LogP contribution in [-0.2, 0) is 16.4 Å². The molecule has 0 spiro atoms. The molecule has 4 nitrogen and oxygen atoms in total. The normalized spacial score (nSPS) is 22.1. The fourth-order valence-corrected chi connectivity index (χ4v) is 4.16. The van der Waals surface area contributed by atoms with Gasteiger partial charge in [0.15, 0.2) is 0 Å². The number of nitrogens with one attached hydrogen (secondary N) is 1. The maximum atomic E-state index is 12.0. The Hall–Kier alpha value is -0.430. The van der Waals surface area contributed by atoms with Gasteiger partial charge in [-0.2, -0.15) is 0 Å². The zero-order valence-corrected chi connectivity index (χ0v) is 11.5. The molecule has 0 aromatic carbocycles. The molecule has 1 aliphatic rings. The Morgan fingerprint density at radius 2 is 2.41 bits per heavy atom. The largest absolute Gasteiger partial charge is 0.329 e. The van der Waals surface area contributed by atoms with Crippen molar-refractivity contribution in [2.24, 2.45) is 5.73 Å². The van der Waals surface area contributed by atoms with E-state index in [0.717, 1.165) is 24.8 Å². The maximum absolute atomic E-state index is 12.0. The lowest BCUT2D eigenvalue weighted by Gasteiger charge is -2.25. The standard InChI is InChI=1S/C11H18N2O2S2/c1-8(7-12)17(14,15)13-10-3-2-4-11-9(10)5-6-16-11/h5-6,8,10,13H,2-4,7,12H2,1H3. The molecule has 0 bridgehead atoms. The molecule has 0 amide bonds. The Kier molecular flexibility index (Phi) is 3.87. The molecule has 0 radical (unpaired) electrons. The Balaban J connectivity index is 2.17. The molecule has 0 fully saturated rings. The van der Waals surface area contributed by atoms with Crippen molar-refractivity contribution in [3.05, 3.63) is 21.9 Å². The van der Waals surface area contributed by atoms with Crippen molar-refractivity contribution < 1.29 is 8.42 Å². The monoisotopic (exact) mass is 274 g/mol. The lowest BCUT2D eigenvalue weighted by Crippen LogP contribution is -2.39. The van der Waals surface area contributed by atoms with Crippen molar-refractivity contribution in [1.82, 2.24) is 4.72 Å². The first-order valence-corrected chi connectivity index (χ1v) is 8.24. The average Bonchev–Trinajstić information content (AvgIpc) is 2.76. The number of aryl methyl sites for hydroxylation is 1. The summed E-state index contributed by atoms with van der Waals surface area (Å²) in [6, 6.07) is 1.96. The number of hydrogen-bond donors (Lipinski definition) is 2. The van der Waals surface area contributed by atoms with Crippen LogP contribution in [0.1, 0.15) is 36.2 Å². The van der Waals surface area contributed by atoms with Crippen LogP contribution in [0.5, 0.6) is 0 Å². The van der Waals surface area contributed by atoms with Crippen molar-refractivity contribution in [2.45, 2.75) is 37.5 Å². The molecular formula is C11H18N2O2S2. The van der Waals surface area contributed by atoms with Crippen LogP contribution in [0.4, 0.5) is 0 Å². The van der Waals surface area contributed by atoms with E-state index in [4.69, 9.17) is 5.73 Å². The predicted molar refractivity (Wildman–Crippen MR) is 70.6 cm³/mol. The third-order valence-electron chi connectivity index (χ3n) is 3.22. The van der Waals surface area contributed by atoms with E-state index in [0.29, 0.717) is 0 Å². The molecule has 2 atom stereocenters. The Morgan fingerprint density at radius 1 is 1.65 bits per heavy atom. The second-order valence-corrected chi connectivity index (χ2v) is 7.58. The minimum absolute atomic E-state index is 0.0657. The molecule has 3 N–H and O–H groups in total. The minimum atomic E-state index is -3.30. The molecule has 96 valence electrons. The number of nitrogens with two attached hydrogens (primary N) is 1. The fourth-order valence-electron chi connectivity index (χ4n) is 2.05. The molecule has 17 heavy (non-hydrogen) atoms. The van der Waals surface area contributed by atoms with Crippen LogP contribution in [-0.4, -0.2) is 20.2 Å². The van der Waals surface area contributed by atoms with Crippen molar-refractivity contribution in [1.29, 1.82) is 0 Å². The van der Waals surface area contributed by atoms with Gasteiger partial charge in [-0.15, -0.1) is 11.3 Å². The molecule has 1 heterocycles. The van der Waals surface area contributed by atoms with Crippen molar-refractivity contribution >= 4 is 21.4 Å². The van der Waals surface area contributed by atoms with Gasteiger partial charge in [-0.25, -0.2) is 13.1 Å². The summed E-state index contributed by atoms with van der Waals surface area (Å²) in [6.45, 7) is 1.79. The third kappa shape index (κ3) is 2.70. The van der Waals surface area contributed by atoms with E-state index in [-0.39, 0.29) is 12.6 Å². The van der Waals surface area contributed by atoms with Gasteiger partial charge in [0.2, 0.25) is 10.0 Å². The van der Waals surface area contributed by atoms with Crippen LogP contribution in [0.2, 0.25) is 0 Å². The molecule has 1 aromatic heterocycles. The van der Waals surface area contributed by atoms with E-state index < -0.39 is 15.3 Å². The van der Waals surface area contributed by atoms with Gasteiger partial charge in [-0.1, -0.05) is 0 Å². The first-order chi connectivity index (χ1) is 8.04. The van der Waals surface area contributed by atoms with Crippen LogP contribution in [0.3, 0.4) is 0 Å². The topological polar surface area (TPSA) is 72.2 Å². The van der Waals surface area contributed by atoms with Gasteiger partial charge >= 0.3 is 0 Å². The number of thiophene rings is 1. The van der Waals surface area contributed by atoms with Gasteiger partial charge in [0.1, 0.15) is 0 Å². The number of hydrogen-bond acceptors (Lipinski definition) is 4. The summed E-state index contributed by atoms with van der Waals surface area (Å²) >= 11 is 1.71. The van der Waals surface area contributed by atoms with Gasteiger partial charge in [-0.3, -0.25) is 0 Å². The van der Waals surface area contributed by atoms with Crippen molar-refractivity contribution in [2.75, 3.05) is 6.54 Å². The predicted octanol–water partition coefficient (Wildman–Crippen LogP) is 1.39. The lowest BCUT2D eigenvalue weighted by atomic mass is 9.95. The van der Waals surface area contributed by atoms with Gasteiger partial charge in [0, 0.05) is 17.5 Å². The second-order valence-electron chi connectivity index (χ2n) is 4.45. The SMILES string of the molecule is CC(CN)S(=O)(=O)NC1CCCc2sccc21. The first kappa shape index (κ1) is 13.0. The van der Waals surface area contributed by atoms with Crippen LogP contribution in [0, 0.1) is 0 Å². The van der Waals surface area contributed by atoms with E-state index >= 15 is 0 Å². The molecule has 0 aliphatic heterocycles. The average molecular weight is 274 g/mol. The summed E-state index contributed by atoms with van der Waals surface area (Å²) in [5, 5.41) is 1.50. The van der Waals surface area contributed by atoms with E-state index in [1.54, 1.807) is 18.3 Å². The Labute approximate surface area is 106 Å². The van der Waals surface area contributed by atoms with E-state index in [9.17, 15) is 8.42 Å². The van der Waals surface area contributed by atoms with Gasteiger partial charge in [-0.05, 0) is 43.2 Å². The maximum Gasteiger partial charge on any atom is 0.216 e. The summed E-state index contributed by atoms with van der Waals surface area (Å²) in [5.41, 5.74) is 6.57. The lowest BCUT2D eigenvalue weighted by molar-refractivity contribution is 0.505. The van der Waals surface area contributed by atoms with E-state index in [1.165, 1.54) is 4.88 Å². The van der Waals surface area contributed by atoms with Crippen LogP contribution < -0.4 is 10.5 Å². The highest BCUT2D eigenvalue weighted by Gasteiger charge is 2.28. The zero-order chi connectivity index (χ0) is 12.5. The van der Waals surface area contributed by atoms with Gasteiger partial charge in [0.05, 0.1) is 5.25 Å². The van der Waals surface area contributed by atoms with Crippen molar-refractivity contribution in [3.63, 3.8) is 0 Å².